The molecule has 0 bridgehead atoms. The summed E-state index contributed by atoms with van der Waals surface area (Å²) in [6.07, 6.45) is 0. The zero-order chi connectivity index (χ0) is 12.1. The van der Waals surface area contributed by atoms with Gasteiger partial charge in [0.1, 0.15) is 5.82 Å². The quantitative estimate of drug-likeness (QED) is 0.730. The van der Waals surface area contributed by atoms with Gasteiger partial charge in [-0.05, 0) is 0 Å². The Morgan fingerprint density at radius 3 is 2.76 bits per heavy atom. The predicted molar refractivity (Wildman–Crippen MR) is 66.9 cm³/mol. The molecule has 2 heterocycles. The van der Waals surface area contributed by atoms with E-state index in [2.05, 4.69) is 15.1 Å². The Morgan fingerprint density at radius 1 is 1.35 bits per heavy atom. The van der Waals surface area contributed by atoms with Crippen LogP contribution in [0.15, 0.2) is 5.16 Å². The standard InChI is InChI=1S/C10H19N5OS/c1-14-9(8-11)12-13-10(14)17-7-4-15-2-5-16-6-3-15/h2-8,11H2,1H3. The van der Waals surface area contributed by atoms with Gasteiger partial charge < -0.3 is 15.0 Å². The Balaban J connectivity index is 1.75. The summed E-state index contributed by atoms with van der Waals surface area (Å²) in [6.45, 7) is 5.28. The van der Waals surface area contributed by atoms with E-state index in [1.165, 1.54) is 0 Å². The molecule has 1 aliphatic rings. The monoisotopic (exact) mass is 257 g/mol. The van der Waals surface area contributed by atoms with Crippen LogP contribution in [0, 0.1) is 0 Å². The molecule has 0 atom stereocenters. The highest BCUT2D eigenvalue weighted by atomic mass is 32.2. The van der Waals surface area contributed by atoms with Crippen LogP contribution in [-0.2, 0) is 18.3 Å². The van der Waals surface area contributed by atoms with Crippen LogP contribution in [0.4, 0.5) is 0 Å². The summed E-state index contributed by atoms with van der Waals surface area (Å²) in [5.74, 6) is 1.86. The number of thioether (sulfide) groups is 1. The number of rotatable bonds is 5. The summed E-state index contributed by atoms with van der Waals surface area (Å²) in [4.78, 5) is 2.41. The molecule has 0 spiro atoms. The fourth-order valence-corrected chi connectivity index (χ4v) is 2.67. The van der Waals surface area contributed by atoms with Crippen LogP contribution in [-0.4, -0.2) is 58.3 Å². The van der Waals surface area contributed by atoms with Crippen LogP contribution in [0.3, 0.4) is 0 Å². The van der Waals surface area contributed by atoms with E-state index in [1.54, 1.807) is 11.8 Å². The van der Waals surface area contributed by atoms with Gasteiger partial charge in [0.25, 0.3) is 0 Å². The SMILES string of the molecule is Cn1c(CN)nnc1SCCN1CCOCC1. The maximum absolute atomic E-state index is 5.55. The molecule has 0 saturated carbocycles. The summed E-state index contributed by atoms with van der Waals surface area (Å²) >= 11 is 1.73. The van der Waals surface area contributed by atoms with Crippen molar-refractivity contribution in [2.45, 2.75) is 11.7 Å². The Bertz CT molecular complexity index is 350. The first kappa shape index (κ1) is 12.8. The maximum atomic E-state index is 5.55. The smallest absolute Gasteiger partial charge is 0.191 e. The van der Waals surface area contributed by atoms with Crippen molar-refractivity contribution in [1.29, 1.82) is 0 Å². The second-order valence-electron chi connectivity index (χ2n) is 3.96. The van der Waals surface area contributed by atoms with E-state index in [0.717, 1.165) is 49.6 Å². The van der Waals surface area contributed by atoms with E-state index in [9.17, 15) is 0 Å². The summed E-state index contributed by atoms with van der Waals surface area (Å²) in [5, 5.41) is 9.10. The largest absolute Gasteiger partial charge is 0.379 e. The minimum Gasteiger partial charge on any atom is -0.379 e. The summed E-state index contributed by atoms with van der Waals surface area (Å²) < 4.78 is 7.27. The maximum Gasteiger partial charge on any atom is 0.191 e. The van der Waals surface area contributed by atoms with Gasteiger partial charge in [0.05, 0.1) is 19.8 Å². The zero-order valence-electron chi connectivity index (χ0n) is 10.1. The van der Waals surface area contributed by atoms with E-state index < -0.39 is 0 Å². The van der Waals surface area contributed by atoms with E-state index in [4.69, 9.17) is 10.5 Å². The molecule has 2 N–H and O–H groups in total. The highest BCUT2D eigenvalue weighted by Crippen LogP contribution is 2.15. The van der Waals surface area contributed by atoms with E-state index in [0.29, 0.717) is 6.54 Å². The zero-order valence-corrected chi connectivity index (χ0v) is 10.9. The van der Waals surface area contributed by atoms with Crippen LogP contribution in [0.1, 0.15) is 5.82 Å². The Kier molecular flexibility index (Phi) is 4.78. The van der Waals surface area contributed by atoms with Gasteiger partial charge in [-0.25, -0.2) is 0 Å². The van der Waals surface area contributed by atoms with Gasteiger partial charge in [-0.3, -0.25) is 4.90 Å². The van der Waals surface area contributed by atoms with Gasteiger partial charge in [0, 0.05) is 32.4 Å². The van der Waals surface area contributed by atoms with Crippen molar-refractivity contribution in [3.05, 3.63) is 5.82 Å². The molecule has 17 heavy (non-hydrogen) atoms. The van der Waals surface area contributed by atoms with Crippen molar-refractivity contribution in [3.8, 4) is 0 Å². The molecule has 0 aliphatic carbocycles. The minimum absolute atomic E-state index is 0.438. The lowest BCUT2D eigenvalue weighted by Gasteiger charge is -2.26. The predicted octanol–water partition coefficient (Wildman–Crippen LogP) is -0.302. The van der Waals surface area contributed by atoms with Crippen molar-refractivity contribution in [2.75, 3.05) is 38.6 Å². The summed E-state index contributed by atoms with van der Waals surface area (Å²) in [6, 6.07) is 0. The normalized spacial score (nSPS) is 17.5. The Hall–Kier alpha value is -0.630. The molecule has 1 fully saturated rings. The van der Waals surface area contributed by atoms with Crippen molar-refractivity contribution in [2.24, 2.45) is 12.8 Å². The lowest BCUT2D eigenvalue weighted by atomic mass is 10.4. The third-order valence-electron chi connectivity index (χ3n) is 2.85. The molecule has 1 aromatic heterocycles. The molecule has 0 unspecified atom stereocenters. The first-order valence-corrected chi connectivity index (χ1v) is 6.81. The summed E-state index contributed by atoms with van der Waals surface area (Å²) in [7, 11) is 1.96. The van der Waals surface area contributed by atoms with Crippen molar-refractivity contribution in [3.63, 3.8) is 0 Å². The molecule has 1 saturated heterocycles. The number of hydrogen-bond donors (Lipinski definition) is 1. The Morgan fingerprint density at radius 2 is 2.12 bits per heavy atom. The number of hydrogen-bond acceptors (Lipinski definition) is 6. The molecule has 1 aliphatic heterocycles. The lowest BCUT2D eigenvalue weighted by molar-refractivity contribution is 0.0410. The molecule has 0 amide bonds. The van der Waals surface area contributed by atoms with Gasteiger partial charge in [0.15, 0.2) is 5.16 Å². The molecule has 7 heteroatoms. The van der Waals surface area contributed by atoms with Crippen LogP contribution >= 0.6 is 11.8 Å². The number of ether oxygens (including phenoxy) is 1. The fourth-order valence-electron chi connectivity index (χ4n) is 1.74. The molecule has 0 aromatic carbocycles. The fraction of sp³-hybridized carbons (Fsp3) is 0.800. The highest BCUT2D eigenvalue weighted by molar-refractivity contribution is 7.99. The second-order valence-corrected chi connectivity index (χ2v) is 5.03. The number of nitrogens with zero attached hydrogens (tertiary/aromatic N) is 4. The highest BCUT2D eigenvalue weighted by Gasteiger charge is 2.11. The van der Waals surface area contributed by atoms with Crippen LogP contribution < -0.4 is 5.73 Å². The van der Waals surface area contributed by atoms with Gasteiger partial charge in [0.2, 0.25) is 0 Å². The topological polar surface area (TPSA) is 69.2 Å². The van der Waals surface area contributed by atoms with E-state index >= 15 is 0 Å². The van der Waals surface area contributed by atoms with Gasteiger partial charge in [-0.15, -0.1) is 10.2 Å². The first-order valence-electron chi connectivity index (χ1n) is 5.82. The number of nitrogens with two attached hydrogens (primary N) is 1. The number of morpholine rings is 1. The number of aromatic nitrogens is 3. The third kappa shape index (κ3) is 3.41. The van der Waals surface area contributed by atoms with E-state index in [-0.39, 0.29) is 0 Å². The minimum atomic E-state index is 0.438. The lowest BCUT2D eigenvalue weighted by Crippen LogP contribution is -2.37. The van der Waals surface area contributed by atoms with Gasteiger partial charge in [-0.1, -0.05) is 11.8 Å². The molecular formula is C10H19N5OS. The first-order chi connectivity index (χ1) is 8.31. The Labute approximate surface area is 106 Å². The molecular weight excluding hydrogens is 238 g/mol. The average molecular weight is 257 g/mol. The van der Waals surface area contributed by atoms with Crippen molar-refractivity contribution in [1.82, 2.24) is 19.7 Å². The second kappa shape index (κ2) is 6.34. The molecule has 1 aromatic rings. The van der Waals surface area contributed by atoms with Crippen LogP contribution in [0.2, 0.25) is 0 Å². The van der Waals surface area contributed by atoms with Gasteiger partial charge >= 0.3 is 0 Å². The van der Waals surface area contributed by atoms with Crippen molar-refractivity contribution >= 4 is 11.8 Å². The molecule has 0 radical (unpaired) electrons. The van der Waals surface area contributed by atoms with Crippen LogP contribution in [0.25, 0.3) is 0 Å². The third-order valence-corrected chi connectivity index (χ3v) is 3.85. The molecule has 96 valence electrons. The van der Waals surface area contributed by atoms with E-state index in [1.807, 2.05) is 11.6 Å². The summed E-state index contributed by atoms with van der Waals surface area (Å²) in [5.41, 5.74) is 5.55. The van der Waals surface area contributed by atoms with Crippen molar-refractivity contribution < 1.29 is 4.74 Å². The molecule has 6 nitrogen and oxygen atoms in total. The molecule has 2 rings (SSSR count). The van der Waals surface area contributed by atoms with Crippen LogP contribution in [0.5, 0.6) is 0 Å². The average Bonchev–Trinajstić information content (AvgIpc) is 2.72. The van der Waals surface area contributed by atoms with Gasteiger partial charge in [-0.2, -0.15) is 0 Å².